The number of rotatable bonds is 1. The van der Waals surface area contributed by atoms with Crippen molar-refractivity contribution in [2.24, 2.45) is 34.5 Å². The van der Waals surface area contributed by atoms with Crippen molar-refractivity contribution in [2.75, 3.05) is 6.61 Å². The van der Waals surface area contributed by atoms with Crippen LogP contribution in [0.1, 0.15) is 58.3 Å². The molecule has 0 bridgehead atoms. The molecule has 0 radical (unpaired) electrons. The fraction of sp³-hybridized carbons (Fsp3) is 0.895. The second kappa shape index (κ2) is 5.13. The number of ketones is 2. The van der Waals surface area contributed by atoms with Gasteiger partial charge in [0.05, 0.1) is 18.1 Å². The zero-order valence-corrected chi connectivity index (χ0v) is 14.0. The standard InChI is InChI=1S/C19H28O4/c1-18-8-7-13-11(12(18)5-6-16(18)22)9-15(21)14-3-2-4-17(23)19(13,14)10-20/h11-15,20-21H,2-10H2,1H3/t11-,12-,13-,14+,15-,18-,19+/m0/s1. The van der Waals surface area contributed by atoms with Gasteiger partial charge in [-0.3, -0.25) is 9.59 Å². The number of hydrogen-bond donors (Lipinski definition) is 2. The maximum Gasteiger partial charge on any atom is 0.142 e. The zero-order valence-electron chi connectivity index (χ0n) is 14.0. The predicted octanol–water partition coefficient (Wildman–Crippen LogP) is 2.11. The Kier molecular flexibility index (Phi) is 3.51. The predicted molar refractivity (Wildman–Crippen MR) is 84.5 cm³/mol. The van der Waals surface area contributed by atoms with E-state index in [9.17, 15) is 19.8 Å². The summed E-state index contributed by atoms with van der Waals surface area (Å²) in [4.78, 5) is 25.3. The van der Waals surface area contributed by atoms with Gasteiger partial charge >= 0.3 is 0 Å². The van der Waals surface area contributed by atoms with Gasteiger partial charge in [0.15, 0.2) is 0 Å². The summed E-state index contributed by atoms with van der Waals surface area (Å²) in [5.74, 6) is 1.08. The van der Waals surface area contributed by atoms with Crippen LogP contribution in [0.2, 0.25) is 0 Å². The van der Waals surface area contributed by atoms with Crippen LogP contribution in [0.5, 0.6) is 0 Å². The Bertz CT molecular complexity index is 543. The lowest BCUT2D eigenvalue weighted by molar-refractivity contribution is -0.185. The van der Waals surface area contributed by atoms with E-state index in [2.05, 4.69) is 6.92 Å². The van der Waals surface area contributed by atoms with Gasteiger partial charge in [0.2, 0.25) is 0 Å². The number of carbonyl (C=O) groups excluding carboxylic acids is 2. The Labute approximate surface area is 137 Å². The molecule has 4 aliphatic carbocycles. The van der Waals surface area contributed by atoms with Crippen LogP contribution < -0.4 is 0 Å². The quantitative estimate of drug-likeness (QED) is 0.776. The largest absolute Gasteiger partial charge is 0.395 e. The number of aliphatic hydroxyl groups excluding tert-OH is 2. The Morgan fingerprint density at radius 1 is 1.04 bits per heavy atom. The number of hydrogen-bond acceptors (Lipinski definition) is 4. The van der Waals surface area contributed by atoms with Crippen molar-refractivity contribution in [1.29, 1.82) is 0 Å². The van der Waals surface area contributed by atoms with Crippen LogP contribution in [0.15, 0.2) is 0 Å². The van der Waals surface area contributed by atoms with E-state index in [1.54, 1.807) is 0 Å². The van der Waals surface area contributed by atoms with Crippen molar-refractivity contribution in [3.05, 3.63) is 0 Å². The lowest BCUT2D eigenvalue weighted by Crippen LogP contribution is -2.62. The Hall–Kier alpha value is -0.740. The molecule has 0 unspecified atom stereocenters. The average molecular weight is 320 g/mol. The highest BCUT2D eigenvalue weighted by molar-refractivity contribution is 5.88. The van der Waals surface area contributed by atoms with Crippen molar-refractivity contribution in [3.63, 3.8) is 0 Å². The van der Waals surface area contributed by atoms with Gasteiger partial charge in [-0.15, -0.1) is 0 Å². The number of Topliss-reactive ketones (excluding diaryl/α,β-unsaturated/α-hetero) is 2. The van der Waals surface area contributed by atoms with Crippen LogP contribution >= 0.6 is 0 Å². The second-order valence-corrected chi connectivity index (χ2v) is 8.72. The summed E-state index contributed by atoms with van der Waals surface area (Å²) in [7, 11) is 0. The molecule has 0 spiro atoms. The molecule has 4 saturated carbocycles. The maximum atomic E-state index is 12.9. The van der Waals surface area contributed by atoms with Gasteiger partial charge in [-0.05, 0) is 62.2 Å². The molecule has 0 aliphatic heterocycles. The van der Waals surface area contributed by atoms with E-state index < -0.39 is 11.5 Å². The van der Waals surface area contributed by atoms with E-state index in [-0.39, 0.29) is 41.5 Å². The Morgan fingerprint density at radius 2 is 1.83 bits per heavy atom. The highest BCUT2D eigenvalue weighted by atomic mass is 16.3. The van der Waals surface area contributed by atoms with E-state index in [0.717, 1.165) is 32.1 Å². The first-order valence-electron chi connectivity index (χ1n) is 9.30. The minimum Gasteiger partial charge on any atom is -0.395 e. The molecule has 4 heteroatoms. The van der Waals surface area contributed by atoms with Crippen LogP contribution in [0.4, 0.5) is 0 Å². The summed E-state index contributed by atoms with van der Waals surface area (Å²) < 4.78 is 0. The molecule has 0 amide bonds. The van der Waals surface area contributed by atoms with Crippen LogP contribution in [0.3, 0.4) is 0 Å². The third-order valence-corrected chi connectivity index (χ3v) is 8.15. The van der Waals surface area contributed by atoms with E-state index in [0.29, 0.717) is 25.0 Å². The fourth-order valence-electron chi connectivity index (χ4n) is 6.99. The maximum absolute atomic E-state index is 12.9. The second-order valence-electron chi connectivity index (χ2n) is 8.72. The van der Waals surface area contributed by atoms with E-state index in [1.807, 2.05) is 0 Å². The first-order valence-corrected chi connectivity index (χ1v) is 9.30. The molecular formula is C19H28O4. The highest BCUT2D eigenvalue weighted by Crippen LogP contribution is 2.64. The summed E-state index contributed by atoms with van der Waals surface area (Å²) in [5.41, 5.74) is -1.00. The van der Waals surface area contributed by atoms with Crippen LogP contribution in [-0.2, 0) is 9.59 Å². The molecule has 0 heterocycles. The van der Waals surface area contributed by atoms with Crippen LogP contribution in [-0.4, -0.2) is 34.5 Å². The number of fused-ring (bicyclic) bond motifs is 5. The smallest absolute Gasteiger partial charge is 0.142 e. The van der Waals surface area contributed by atoms with Gasteiger partial charge in [0, 0.05) is 18.3 Å². The molecule has 23 heavy (non-hydrogen) atoms. The van der Waals surface area contributed by atoms with Gasteiger partial charge in [0.25, 0.3) is 0 Å². The molecule has 0 aromatic rings. The van der Waals surface area contributed by atoms with Gasteiger partial charge < -0.3 is 10.2 Å². The van der Waals surface area contributed by atoms with E-state index in [1.165, 1.54) is 0 Å². The third-order valence-electron chi connectivity index (χ3n) is 8.15. The Morgan fingerprint density at radius 3 is 2.57 bits per heavy atom. The zero-order chi connectivity index (χ0) is 16.4. The fourth-order valence-corrected chi connectivity index (χ4v) is 6.99. The first-order chi connectivity index (χ1) is 10.9. The van der Waals surface area contributed by atoms with E-state index in [4.69, 9.17) is 0 Å². The monoisotopic (exact) mass is 320 g/mol. The normalized spacial score (nSPS) is 52.7. The van der Waals surface area contributed by atoms with Crippen molar-refractivity contribution in [3.8, 4) is 0 Å². The van der Waals surface area contributed by atoms with Crippen molar-refractivity contribution in [1.82, 2.24) is 0 Å². The molecule has 0 saturated heterocycles. The molecule has 2 N–H and O–H groups in total. The SMILES string of the molecule is C[C@]12CC[C@H]3[C@@H](C[C@H](O)[C@H]4CCCC(=O)[C@@]43CO)[C@@H]1CCC2=O. The molecule has 0 aromatic heterocycles. The lowest BCUT2D eigenvalue weighted by Gasteiger charge is -2.60. The van der Waals surface area contributed by atoms with Gasteiger partial charge in [-0.25, -0.2) is 0 Å². The summed E-state index contributed by atoms with van der Waals surface area (Å²) in [6.45, 7) is 1.96. The van der Waals surface area contributed by atoms with Gasteiger partial charge in [-0.1, -0.05) is 6.92 Å². The molecule has 0 aromatic carbocycles. The van der Waals surface area contributed by atoms with Crippen LogP contribution in [0.25, 0.3) is 0 Å². The third kappa shape index (κ3) is 1.85. The van der Waals surface area contributed by atoms with Crippen molar-refractivity contribution < 1.29 is 19.8 Å². The van der Waals surface area contributed by atoms with Crippen molar-refractivity contribution >= 4 is 11.6 Å². The summed E-state index contributed by atoms with van der Waals surface area (Å²) in [5, 5.41) is 21.0. The minimum atomic E-state index is -0.743. The van der Waals surface area contributed by atoms with Crippen LogP contribution in [0, 0.1) is 34.5 Å². The molecule has 4 aliphatic rings. The molecule has 128 valence electrons. The number of aliphatic hydroxyl groups is 2. The topological polar surface area (TPSA) is 74.6 Å². The highest BCUT2D eigenvalue weighted by Gasteiger charge is 2.65. The summed E-state index contributed by atoms with van der Waals surface area (Å²) in [6, 6.07) is 0. The summed E-state index contributed by atoms with van der Waals surface area (Å²) >= 11 is 0. The van der Waals surface area contributed by atoms with Gasteiger partial charge in [0.1, 0.15) is 11.6 Å². The Balaban J connectivity index is 1.76. The first kappa shape index (κ1) is 15.8. The average Bonchev–Trinajstić information content (AvgIpc) is 2.84. The molecule has 4 nitrogen and oxygen atoms in total. The molecule has 4 rings (SSSR count). The van der Waals surface area contributed by atoms with E-state index >= 15 is 0 Å². The lowest BCUT2D eigenvalue weighted by atomic mass is 9.44. The summed E-state index contributed by atoms with van der Waals surface area (Å²) in [6.07, 6.45) is 5.63. The molecule has 4 fully saturated rings. The van der Waals surface area contributed by atoms with Gasteiger partial charge in [-0.2, -0.15) is 0 Å². The minimum absolute atomic E-state index is 0.0866. The number of carbonyl (C=O) groups is 2. The molecular weight excluding hydrogens is 292 g/mol. The molecule has 7 atom stereocenters. The van der Waals surface area contributed by atoms with Crippen molar-refractivity contribution in [2.45, 2.75) is 64.4 Å².